The standard InChI is InChI=1S/C17H15F3N2O4S/c1-11(23)22-9-8-12-10-13(2-7-16(12)22)21-27(24,25)15-5-3-14(4-6-15)26-17(18,19)20/h2-7,10,21H,8-9H2,1H3. The fourth-order valence-corrected chi connectivity index (χ4v) is 3.88. The van der Waals surface area contributed by atoms with Crippen molar-refractivity contribution in [2.75, 3.05) is 16.2 Å². The van der Waals surface area contributed by atoms with Gasteiger partial charge in [-0.1, -0.05) is 0 Å². The van der Waals surface area contributed by atoms with Crippen LogP contribution in [-0.2, 0) is 21.2 Å². The van der Waals surface area contributed by atoms with Gasteiger partial charge in [-0.3, -0.25) is 9.52 Å². The Bertz CT molecular complexity index is 973. The molecule has 10 heteroatoms. The van der Waals surface area contributed by atoms with E-state index in [2.05, 4.69) is 9.46 Å². The summed E-state index contributed by atoms with van der Waals surface area (Å²) in [6.07, 6.45) is -4.25. The van der Waals surface area contributed by atoms with Gasteiger partial charge < -0.3 is 9.64 Å². The number of anilines is 2. The number of alkyl halides is 3. The zero-order valence-corrected chi connectivity index (χ0v) is 14.9. The molecule has 144 valence electrons. The molecule has 2 aromatic rings. The van der Waals surface area contributed by atoms with Crippen molar-refractivity contribution >= 4 is 27.3 Å². The van der Waals surface area contributed by atoms with Crippen LogP contribution in [-0.4, -0.2) is 27.2 Å². The highest BCUT2D eigenvalue weighted by molar-refractivity contribution is 7.92. The maximum atomic E-state index is 12.4. The van der Waals surface area contributed by atoms with Gasteiger partial charge >= 0.3 is 6.36 Å². The fraction of sp³-hybridized carbons (Fsp3) is 0.235. The first-order chi connectivity index (χ1) is 12.5. The lowest BCUT2D eigenvalue weighted by atomic mass is 10.1. The summed E-state index contributed by atoms with van der Waals surface area (Å²) in [5, 5.41) is 0. The lowest BCUT2D eigenvalue weighted by molar-refractivity contribution is -0.274. The van der Waals surface area contributed by atoms with E-state index in [0.29, 0.717) is 18.7 Å². The molecule has 0 saturated carbocycles. The van der Waals surface area contributed by atoms with Crippen molar-refractivity contribution in [1.29, 1.82) is 0 Å². The van der Waals surface area contributed by atoms with Crippen LogP contribution in [0.3, 0.4) is 0 Å². The lowest BCUT2D eigenvalue weighted by Crippen LogP contribution is -2.25. The molecule has 0 aliphatic carbocycles. The molecule has 27 heavy (non-hydrogen) atoms. The number of carbonyl (C=O) groups excluding carboxylic acids is 1. The molecule has 0 atom stereocenters. The van der Waals surface area contributed by atoms with Gasteiger partial charge in [-0.15, -0.1) is 13.2 Å². The lowest BCUT2D eigenvalue weighted by Gasteiger charge is -2.15. The normalized spacial score (nSPS) is 14.0. The SMILES string of the molecule is CC(=O)N1CCc2cc(NS(=O)(=O)c3ccc(OC(F)(F)F)cc3)ccc21. The first-order valence-electron chi connectivity index (χ1n) is 7.85. The minimum Gasteiger partial charge on any atom is -0.406 e. The molecule has 1 heterocycles. The van der Waals surface area contributed by atoms with Crippen LogP contribution in [0.2, 0.25) is 0 Å². The number of hydrogen-bond acceptors (Lipinski definition) is 4. The molecule has 3 rings (SSSR count). The maximum absolute atomic E-state index is 12.4. The molecule has 1 aliphatic heterocycles. The Hall–Kier alpha value is -2.75. The highest BCUT2D eigenvalue weighted by Crippen LogP contribution is 2.31. The van der Waals surface area contributed by atoms with Crippen molar-refractivity contribution < 1.29 is 31.1 Å². The van der Waals surface area contributed by atoms with E-state index in [-0.39, 0.29) is 10.8 Å². The molecular formula is C17H15F3N2O4S. The largest absolute Gasteiger partial charge is 0.573 e. The quantitative estimate of drug-likeness (QED) is 0.855. The highest BCUT2D eigenvalue weighted by Gasteiger charge is 2.31. The molecule has 0 aromatic heterocycles. The van der Waals surface area contributed by atoms with Gasteiger partial charge in [-0.05, 0) is 54.4 Å². The van der Waals surface area contributed by atoms with Gasteiger partial charge in [-0.2, -0.15) is 0 Å². The molecule has 1 N–H and O–H groups in total. The summed E-state index contributed by atoms with van der Waals surface area (Å²) < 4.78 is 67.5. The second-order valence-corrected chi connectivity index (χ2v) is 7.57. The summed E-state index contributed by atoms with van der Waals surface area (Å²) in [5.41, 5.74) is 1.87. The van der Waals surface area contributed by atoms with Crippen LogP contribution in [0.25, 0.3) is 0 Å². The molecule has 0 fully saturated rings. The maximum Gasteiger partial charge on any atom is 0.573 e. The number of nitrogens with one attached hydrogen (secondary N) is 1. The second kappa shape index (κ2) is 6.76. The molecule has 0 unspecified atom stereocenters. The Morgan fingerprint density at radius 3 is 2.41 bits per heavy atom. The fourth-order valence-electron chi connectivity index (χ4n) is 2.83. The Morgan fingerprint density at radius 1 is 1.15 bits per heavy atom. The minimum atomic E-state index is -4.85. The van der Waals surface area contributed by atoms with Gasteiger partial charge in [0, 0.05) is 24.8 Å². The number of fused-ring (bicyclic) bond motifs is 1. The predicted octanol–water partition coefficient (Wildman–Crippen LogP) is 3.30. The summed E-state index contributed by atoms with van der Waals surface area (Å²) >= 11 is 0. The summed E-state index contributed by atoms with van der Waals surface area (Å²) in [6, 6.07) is 8.71. The van der Waals surface area contributed by atoms with E-state index in [9.17, 15) is 26.4 Å². The topological polar surface area (TPSA) is 75.7 Å². The van der Waals surface area contributed by atoms with Crippen LogP contribution in [0.15, 0.2) is 47.4 Å². The van der Waals surface area contributed by atoms with Crippen LogP contribution in [0.5, 0.6) is 5.75 Å². The number of carbonyl (C=O) groups is 1. The van der Waals surface area contributed by atoms with Gasteiger partial charge in [0.05, 0.1) is 4.90 Å². The predicted molar refractivity (Wildman–Crippen MR) is 92.1 cm³/mol. The van der Waals surface area contributed by atoms with Crippen molar-refractivity contribution in [3.63, 3.8) is 0 Å². The number of ether oxygens (including phenoxy) is 1. The van der Waals surface area contributed by atoms with Gasteiger partial charge in [0.15, 0.2) is 0 Å². The molecule has 0 radical (unpaired) electrons. The van der Waals surface area contributed by atoms with Crippen LogP contribution < -0.4 is 14.4 Å². The summed E-state index contributed by atoms with van der Waals surface area (Å²) in [7, 11) is -3.99. The Balaban J connectivity index is 1.78. The van der Waals surface area contributed by atoms with E-state index in [1.807, 2.05) is 0 Å². The van der Waals surface area contributed by atoms with Gasteiger partial charge in [0.1, 0.15) is 5.75 Å². The van der Waals surface area contributed by atoms with E-state index in [1.54, 1.807) is 17.0 Å². The van der Waals surface area contributed by atoms with Gasteiger partial charge in [0.2, 0.25) is 5.91 Å². The van der Waals surface area contributed by atoms with Gasteiger partial charge in [0.25, 0.3) is 10.0 Å². The number of halogens is 3. The third kappa shape index (κ3) is 4.33. The summed E-state index contributed by atoms with van der Waals surface area (Å²) in [6.45, 7) is 1.99. The van der Waals surface area contributed by atoms with Crippen LogP contribution in [0, 0.1) is 0 Å². The number of amides is 1. The van der Waals surface area contributed by atoms with Crippen LogP contribution in [0.4, 0.5) is 24.5 Å². The van der Waals surface area contributed by atoms with Crippen LogP contribution in [0.1, 0.15) is 12.5 Å². The van der Waals surface area contributed by atoms with E-state index in [0.717, 1.165) is 35.5 Å². The minimum absolute atomic E-state index is 0.0942. The zero-order chi connectivity index (χ0) is 19.8. The zero-order valence-electron chi connectivity index (χ0n) is 14.1. The third-order valence-corrected chi connectivity index (χ3v) is 5.37. The van der Waals surface area contributed by atoms with Crippen molar-refractivity contribution in [3.05, 3.63) is 48.0 Å². The third-order valence-electron chi connectivity index (χ3n) is 3.97. The number of benzene rings is 2. The van der Waals surface area contributed by atoms with E-state index in [4.69, 9.17) is 0 Å². The smallest absolute Gasteiger partial charge is 0.406 e. The first kappa shape index (κ1) is 19.0. The summed E-state index contributed by atoms with van der Waals surface area (Å²) in [5.74, 6) is -0.605. The van der Waals surface area contributed by atoms with E-state index < -0.39 is 22.1 Å². The molecule has 0 saturated heterocycles. The average molecular weight is 400 g/mol. The average Bonchev–Trinajstić information content (AvgIpc) is 2.96. The van der Waals surface area contributed by atoms with Crippen LogP contribution >= 0.6 is 0 Å². The number of rotatable bonds is 4. The Labute approximate surface area is 153 Å². The van der Waals surface area contributed by atoms with E-state index in [1.165, 1.54) is 13.0 Å². The second-order valence-electron chi connectivity index (χ2n) is 5.89. The number of sulfonamides is 1. The van der Waals surface area contributed by atoms with Crippen molar-refractivity contribution in [1.82, 2.24) is 0 Å². The summed E-state index contributed by atoms with van der Waals surface area (Å²) in [4.78, 5) is 13.0. The van der Waals surface area contributed by atoms with Crippen molar-refractivity contribution in [2.45, 2.75) is 24.6 Å². The van der Waals surface area contributed by atoms with Crippen molar-refractivity contribution in [3.8, 4) is 5.75 Å². The Morgan fingerprint density at radius 2 is 1.81 bits per heavy atom. The monoisotopic (exact) mass is 400 g/mol. The molecule has 0 bridgehead atoms. The number of nitrogens with zero attached hydrogens (tertiary/aromatic N) is 1. The molecule has 6 nitrogen and oxygen atoms in total. The first-order valence-corrected chi connectivity index (χ1v) is 9.33. The number of hydrogen-bond donors (Lipinski definition) is 1. The van der Waals surface area contributed by atoms with E-state index >= 15 is 0 Å². The molecule has 0 spiro atoms. The highest BCUT2D eigenvalue weighted by atomic mass is 32.2. The molecule has 1 amide bonds. The molecule has 2 aromatic carbocycles. The molecular weight excluding hydrogens is 385 g/mol. The van der Waals surface area contributed by atoms with Crippen molar-refractivity contribution in [2.24, 2.45) is 0 Å². The molecule has 1 aliphatic rings. The van der Waals surface area contributed by atoms with Gasteiger partial charge in [-0.25, -0.2) is 8.42 Å². The Kier molecular flexibility index (Phi) is 4.77.